The van der Waals surface area contributed by atoms with Gasteiger partial charge in [0.25, 0.3) is 5.91 Å². The molecule has 0 bridgehead atoms. The van der Waals surface area contributed by atoms with E-state index in [0.29, 0.717) is 11.1 Å². The van der Waals surface area contributed by atoms with Gasteiger partial charge in [-0.1, -0.05) is 18.2 Å². The number of amides is 3. The average molecular weight is 251 g/mol. The first kappa shape index (κ1) is 13.7. The maximum atomic E-state index is 13.4. The fraction of sp³-hybridized carbons (Fsp3) is 0.167. The summed E-state index contributed by atoms with van der Waals surface area (Å²) in [6.45, 7) is 1.61. The molecular formula is C12H14FN3O2. The van der Waals surface area contributed by atoms with E-state index >= 15 is 0 Å². The number of hydrogen-bond acceptors (Lipinski definition) is 2. The fourth-order valence-corrected chi connectivity index (χ4v) is 1.27. The van der Waals surface area contributed by atoms with E-state index in [1.54, 1.807) is 25.1 Å². The Kier molecular flexibility index (Phi) is 4.86. The van der Waals surface area contributed by atoms with Gasteiger partial charge in [0, 0.05) is 18.7 Å². The first-order chi connectivity index (χ1) is 8.54. The lowest BCUT2D eigenvalue weighted by molar-refractivity contribution is -0.117. The van der Waals surface area contributed by atoms with E-state index in [-0.39, 0.29) is 0 Å². The quantitative estimate of drug-likeness (QED) is 0.546. The van der Waals surface area contributed by atoms with Gasteiger partial charge < -0.3 is 5.32 Å². The Hall–Kier alpha value is -2.37. The summed E-state index contributed by atoms with van der Waals surface area (Å²) in [5.41, 5.74) is 5.07. The molecule has 6 heteroatoms. The summed E-state index contributed by atoms with van der Waals surface area (Å²) in [5.74, 6) is -0.947. The largest absolute Gasteiger partial charge is 0.340 e. The molecule has 0 spiro atoms. The highest BCUT2D eigenvalue weighted by Gasteiger charge is 2.05. The Morgan fingerprint density at radius 3 is 2.50 bits per heavy atom. The van der Waals surface area contributed by atoms with Crippen molar-refractivity contribution in [3.05, 3.63) is 41.7 Å². The zero-order valence-electron chi connectivity index (χ0n) is 10.1. The average Bonchev–Trinajstić information content (AvgIpc) is 2.36. The maximum Gasteiger partial charge on any atom is 0.333 e. The Bertz CT molecular complexity index is 486. The van der Waals surface area contributed by atoms with Crippen LogP contribution in [0.2, 0.25) is 0 Å². The van der Waals surface area contributed by atoms with Crippen LogP contribution in [0.1, 0.15) is 12.5 Å². The molecule has 96 valence electrons. The minimum atomic E-state index is -0.542. The topological polar surface area (TPSA) is 70.2 Å². The second kappa shape index (κ2) is 6.39. The second-order valence-corrected chi connectivity index (χ2v) is 3.50. The van der Waals surface area contributed by atoms with Crippen LogP contribution in [0, 0.1) is 5.82 Å². The number of hydrogen-bond donors (Lipinski definition) is 3. The molecule has 1 aromatic rings. The zero-order valence-corrected chi connectivity index (χ0v) is 10.1. The van der Waals surface area contributed by atoms with Crippen LogP contribution in [0.5, 0.6) is 0 Å². The van der Waals surface area contributed by atoms with E-state index in [1.807, 2.05) is 0 Å². The van der Waals surface area contributed by atoms with Crippen LogP contribution in [0.25, 0.3) is 5.57 Å². The van der Waals surface area contributed by atoms with Gasteiger partial charge in [-0.2, -0.15) is 0 Å². The first-order valence-electron chi connectivity index (χ1n) is 5.25. The number of nitrogens with one attached hydrogen (secondary N) is 3. The van der Waals surface area contributed by atoms with Gasteiger partial charge >= 0.3 is 6.03 Å². The Labute approximate surface area is 104 Å². The van der Waals surface area contributed by atoms with Crippen molar-refractivity contribution in [2.45, 2.75) is 6.92 Å². The number of hydrazine groups is 1. The molecule has 18 heavy (non-hydrogen) atoms. The van der Waals surface area contributed by atoms with Gasteiger partial charge in [0.2, 0.25) is 0 Å². The minimum absolute atomic E-state index is 0.340. The monoisotopic (exact) mass is 251 g/mol. The second-order valence-electron chi connectivity index (χ2n) is 3.50. The molecule has 1 aromatic carbocycles. The van der Waals surface area contributed by atoms with Gasteiger partial charge in [0.1, 0.15) is 5.82 Å². The lowest BCUT2D eigenvalue weighted by Crippen LogP contribution is -2.45. The normalized spacial score (nSPS) is 10.7. The predicted octanol–water partition coefficient (Wildman–Crippen LogP) is 1.19. The van der Waals surface area contributed by atoms with Gasteiger partial charge in [-0.05, 0) is 18.6 Å². The Morgan fingerprint density at radius 1 is 1.22 bits per heavy atom. The standard InChI is InChI=1S/C12H14FN3O2/c1-8(9-5-3-4-6-10(9)13)7-11(17)15-16-12(18)14-2/h3-7H,1-2H3,(H,15,17)(H2,14,16,18)/b8-7+. The van der Waals surface area contributed by atoms with Crippen LogP contribution in [0.3, 0.4) is 0 Å². The summed E-state index contributed by atoms with van der Waals surface area (Å²) in [6.07, 6.45) is 1.20. The molecule has 0 unspecified atom stereocenters. The molecule has 0 saturated heterocycles. The highest BCUT2D eigenvalue weighted by atomic mass is 19.1. The van der Waals surface area contributed by atoms with Crippen molar-refractivity contribution in [1.82, 2.24) is 16.2 Å². The highest BCUT2D eigenvalue weighted by Crippen LogP contribution is 2.16. The van der Waals surface area contributed by atoms with Crippen molar-refractivity contribution >= 4 is 17.5 Å². The third-order valence-corrected chi connectivity index (χ3v) is 2.17. The summed E-state index contributed by atoms with van der Waals surface area (Å²) < 4.78 is 13.4. The van der Waals surface area contributed by atoms with Crippen molar-refractivity contribution in [3.8, 4) is 0 Å². The highest BCUT2D eigenvalue weighted by molar-refractivity contribution is 5.95. The third-order valence-electron chi connectivity index (χ3n) is 2.17. The molecule has 0 radical (unpaired) electrons. The molecular weight excluding hydrogens is 237 g/mol. The van der Waals surface area contributed by atoms with Crippen LogP contribution < -0.4 is 16.2 Å². The Balaban J connectivity index is 2.69. The van der Waals surface area contributed by atoms with Crippen molar-refractivity contribution in [2.24, 2.45) is 0 Å². The molecule has 0 saturated carbocycles. The molecule has 0 aliphatic carbocycles. The van der Waals surface area contributed by atoms with Crippen molar-refractivity contribution in [1.29, 1.82) is 0 Å². The van der Waals surface area contributed by atoms with Crippen LogP contribution in [0.15, 0.2) is 30.3 Å². The third kappa shape index (κ3) is 3.89. The van der Waals surface area contributed by atoms with Crippen molar-refractivity contribution < 1.29 is 14.0 Å². The van der Waals surface area contributed by atoms with Gasteiger partial charge in [-0.3, -0.25) is 10.2 Å². The molecule has 0 fully saturated rings. The number of allylic oxidation sites excluding steroid dienone is 1. The summed E-state index contributed by atoms with van der Waals surface area (Å²) in [7, 11) is 1.42. The molecule has 3 N–H and O–H groups in total. The number of rotatable bonds is 2. The van der Waals surface area contributed by atoms with E-state index in [4.69, 9.17) is 0 Å². The molecule has 1 rings (SSSR count). The molecule has 0 heterocycles. The molecule has 3 amide bonds. The van der Waals surface area contributed by atoms with Crippen LogP contribution in [0.4, 0.5) is 9.18 Å². The van der Waals surface area contributed by atoms with Crippen molar-refractivity contribution in [2.75, 3.05) is 7.05 Å². The van der Waals surface area contributed by atoms with Gasteiger partial charge in [0.05, 0.1) is 0 Å². The van der Waals surface area contributed by atoms with E-state index in [0.717, 1.165) is 0 Å². The lowest BCUT2D eigenvalue weighted by Gasteiger charge is -2.06. The molecule has 0 aromatic heterocycles. The van der Waals surface area contributed by atoms with Crippen LogP contribution >= 0.6 is 0 Å². The molecule has 0 aliphatic rings. The van der Waals surface area contributed by atoms with Gasteiger partial charge in [-0.25, -0.2) is 14.6 Å². The molecule has 0 aliphatic heterocycles. The van der Waals surface area contributed by atoms with Crippen molar-refractivity contribution in [3.63, 3.8) is 0 Å². The van der Waals surface area contributed by atoms with E-state index in [2.05, 4.69) is 16.2 Å². The number of benzene rings is 1. The molecule has 0 atom stereocenters. The van der Waals surface area contributed by atoms with Gasteiger partial charge in [0.15, 0.2) is 0 Å². The number of urea groups is 1. The number of carbonyl (C=O) groups is 2. The summed E-state index contributed by atoms with van der Waals surface area (Å²) in [4.78, 5) is 22.2. The van der Waals surface area contributed by atoms with E-state index < -0.39 is 17.8 Å². The summed E-state index contributed by atoms with van der Waals surface area (Å²) in [6, 6.07) is 5.59. The van der Waals surface area contributed by atoms with Crippen LogP contribution in [-0.2, 0) is 4.79 Å². The van der Waals surface area contributed by atoms with Gasteiger partial charge in [-0.15, -0.1) is 0 Å². The maximum absolute atomic E-state index is 13.4. The Morgan fingerprint density at radius 2 is 1.89 bits per heavy atom. The number of halogens is 1. The van der Waals surface area contributed by atoms with E-state index in [1.165, 1.54) is 19.2 Å². The predicted molar refractivity (Wildman–Crippen MR) is 65.8 cm³/mol. The summed E-state index contributed by atoms with van der Waals surface area (Å²) in [5, 5.41) is 2.27. The summed E-state index contributed by atoms with van der Waals surface area (Å²) >= 11 is 0. The van der Waals surface area contributed by atoms with E-state index in [9.17, 15) is 14.0 Å². The minimum Gasteiger partial charge on any atom is -0.340 e. The molecule has 5 nitrogen and oxygen atoms in total. The lowest BCUT2D eigenvalue weighted by atomic mass is 10.1. The number of carbonyl (C=O) groups excluding carboxylic acids is 2. The van der Waals surface area contributed by atoms with Crippen LogP contribution in [-0.4, -0.2) is 19.0 Å². The smallest absolute Gasteiger partial charge is 0.333 e. The SMILES string of the molecule is CNC(=O)NNC(=O)/C=C(\C)c1ccccc1F. The zero-order chi connectivity index (χ0) is 13.5. The first-order valence-corrected chi connectivity index (χ1v) is 5.25. The fourth-order valence-electron chi connectivity index (χ4n) is 1.27.